The second-order valence-corrected chi connectivity index (χ2v) is 4.09. The van der Waals surface area contributed by atoms with Crippen LogP contribution in [0.1, 0.15) is 30.4 Å². The molecule has 0 spiro atoms. The Labute approximate surface area is 93.3 Å². The van der Waals surface area contributed by atoms with Gasteiger partial charge in [0.1, 0.15) is 5.75 Å². The molecule has 4 heteroatoms. The molecule has 0 saturated carbocycles. The summed E-state index contributed by atoms with van der Waals surface area (Å²) < 4.78 is 0. The van der Waals surface area contributed by atoms with Crippen LogP contribution in [0.25, 0.3) is 0 Å². The molecule has 2 N–H and O–H groups in total. The quantitative estimate of drug-likeness (QED) is 0.836. The average Bonchev–Trinajstić information content (AvgIpc) is 1.99. The standard InChI is InChI=1S/C11H13ClO3/c1-6-3-8(12)11(9(13)4-6)7(2)5-10(14)15/h3-4,7,13H,5H2,1-2H3,(H,14,15). The Morgan fingerprint density at radius 3 is 2.60 bits per heavy atom. The highest BCUT2D eigenvalue weighted by Gasteiger charge is 2.17. The molecule has 1 aromatic rings. The number of aliphatic carboxylic acids is 1. The molecule has 0 bridgehead atoms. The van der Waals surface area contributed by atoms with Gasteiger partial charge < -0.3 is 10.2 Å². The van der Waals surface area contributed by atoms with Crippen molar-refractivity contribution in [1.82, 2.24) is 0 Å². The van der Waals surface area contributed by atoms with Crippen LogP contribution in [0.3, 0.4) is 0 Å². The van der Waals surface area contributed by atoms with E-state index in [1.807, 2.05) is 6.92 Å². The number of carboxylic acid groups (broad SMARTS) is 1. The minimum Gasteiger partial charge on any atom is -0.508 e. The van der Waals surface area contributed by atoms with E-state index in [1.165, 1.54) is 0 Å². The van der Waals surface area contributed by atoms with Gasteiger partial charge in [0.2, 0.25) is 0 Å². The van der Waals surface area contributed by atoms with Crippen molar-refractivity contribution < 1.29 is 15.0 Å². The van der Waals surface area contributed by atoms with E-state index in [4.69, 9.17) is 16.7 Å². The Morgan fingerprint density at radius 2 is 2.13 bits per heavy atom. The van der Waals surface area contributed by atoms with Crippen LogP contribution < -0.4 is 0 Å². The number of hydrogen-bond donors (Lipinski definition) is 2. The molecule has 0 radical (unpaired) electrons. The molecule has 1 unspecified atom stereocenters. The summed E-state index contributed by atoms with van der Waals surface area (Å²) in [7, 11) is 0. The lowest BCUT2D eigenvalue weighted by Gasteiger charge is -2.13. The molecule has 0 heterocycles. The number of aromatic hydroxyl groups is 1. The van der Waals surface area contributed by atoms with Crippen LogP contribution >= 0.6 is 11.6 Å². The Bertz CT molecular complexity index is 364. The van der Waals surface area contributed by atoms with Gasteiger partial charge in [-0.1, -0.05) is 18.5 Å². The smallest absolute Gasteiger partial charge is 0.303 e. The predicted molar refractivity (Wildman–Crippen MR) is 58.5 cm³/mol. The van der Waals surface area contributed by atoms with Crippen LogP contribution in [-0.2, 0) is 4.79 Å². The van der Waals surface area contributed by atoms with Gasteiger partial charge in [0.25, 0.3) is 0 Å². The first-order valence-electron chi connectivity index (χ1n) is 4.62. The van der Waals surface area contributed by atoms with Crippen LogP contribution in [0.15, 0.2) is 12.1 Å². The lowest BCUT2D eigenvalue weighted by atomic mass is 9.96. The summed E-state index contributed by atoms with van der Waals surface area (Å²) in [6, 6.07) is 3.30. The monoisotopic (exact) mass is 228 g/mol. The van der Waals surface area contributed by atoms with Crippen molar-refractivity contribution >= 4 is 17.6 Å². The van der Waals surface area contributed by atoms with Gasteiger partial charge in [-0.15, -0.1) is 0 Å². The van der Waals surface area contributed by atoms with Crippen LogP contribution in [-0.4, -0.2) is 16.2 Å². The minimum atomic E-state index is -0.904. The number of hydrogen-bond acceptors (Lipinski definition) is 2. The predicted octanol–water partition coefficient (Wildman–Crippen LogP) is 2.93. The number of aryl methyl sites for hydroxylation is 1. The number of rotatable bonds is 3. The summed E-state index contributed by atoms with van der Waals surface area (Å²) in [5, 5.41) is 18.8. The van der Waals surface area contributed by atoms with Crippen molar-refractivity contribution in [2.45, 2.75) is 26.2 Å². The summed E-state index contributed by atoms with van der Waals surface area (Å²) in [5.41, 5.74) is 1.36. The van der Waals surface area contributed by atoms with Gasteiger partial charge in [0.05, 0.1) is 6.42 Å². The molecule has 0 amide bonds. The number of carbonyl (C=O) groups is 1. The molecule has 15 heavy (non-hydrogen) atoms. The van der Waals surface area contributed by atoms with Gasteiger partial charge in [-0.25, -0.2) is 0 Å². The molecule has 0 aromatic heterocycles. The van der Waals surface area contributed by atoms with Crippen molar-refractivity contribution in [2.75, 3.05) is 0 Å². The summed E-state index contributed by atoms with van der Waals surface area (Å²) in [6.07, 6.45) is -0.0453. The number of carboxylic acids is 1. The third kappa shape index (κ3) is 2.86. The van der Waals surface area contributed by atoms with Gasteiger partial charge in [-0.2, -0.15) is 0 Å². The van der Waals surface area contributed by atoms with Crippen molar-refractivity contribution in [3.63, 3.8) is 0 Å². The fourth-order valence-corrected chi connectivity index (χ4v) is 2.04. The first-order valence-corrected chi connectivity index (χ1v) is 5.00. The molecule has 1 atom stereocenters. The van der Waals surface area contributed by atoms with Crippen LogP contribution in [0, 0.1) is 6.92 Å². The normalized spacial score (nSPS) is 12.5. The second-order valence-electron chi connectivity index (χ2n) is 3.68. The van der Waals surface area contributed by atoms with E-state index < -0.39 is 5.97 Å². The Kier molecular flexibility index (Phi) is 3.58. The van der Waals surface area contributed by atoms with E-state index in [0.29, 0.717) is 10.6 Å². The number of phenols is 1. The van der Waals surface area contributed by atoms with Crippen molar-refractivity contribution in [3.05, 3.63) is 28.3 Å². The molecule has 1 rings (SSSR count). The van der Waals surface area contributed by atoms with Crippen molar-refractivity contribution in [2.24, 2.45) is 0 Å². The number of phenolic OH excluding ortho intramolecular Hbond substituents is 1. The number of benzene rings is 1. The Hall–Kier alpha value is -1.22. The molecule has 0 aliphatic heterocycles. The SMILES string of the molecule is Cc1cc(O)c(C(C)CC(=O)O)c(Cl)c1. The maximum Gasteiger partial charge on any atom is 0.303 e. The van der Waals surface area contributed by atoms with Crippen molar-refractivity contribution in [3.8, 4) is 5.75 Å². The van der Waals surface area contributed by atoms with Crippen LogP contribution in [0.5, 0.6) is 5.75 Å². The maximum atomic E-state index is 10.5. The molecule has 82 valence electrons. The highest BCUT2D eigenvalue weighted by Crippen LogP contribution is 2.35. The summed E-state index contributed by atoms with van der Waals surface area (Å²) in [6.45, 7) is 3.54. The zero-order valence-electron chi connectivity index (χ0n) is 8.62. The second kappa shape index (κ2) is 4.53. The molecular formula is C11H13ClO3. The molecule has 0 aliphatic rings. The van der Waals surface area contributed by atoms with Gasteiger partial charge in [0.15, 0.2) is 0 Å². The van der Waals surface area contributed by atoms with E-state index in [0.717, 1.165) is 5.56 Å². The summed E-state index contributed by atoms with van der Waals surface area (Å²) in [4.78, 5) is 10.5. The topological polar surface area (TPSA) is 57.5 Å². The first-order chi connectivity index (χ1) is 6.91. The van der Waals surface area contributed by atoms with Gasteiger partial charge in [-0.3, -0.25) is 4.79 Å². The largest absolute Gasteiger partial charge is 0.508 e. The molecule has 3 nitrogen and oxygen atoms in total. The van der Waals surface area contributed by atoms with E-state index in [1.54, 1.807) is 19.1 Å². The average molecular weight is 229 g/mol. The highest BCUT2D eigenvalue weighted by atomic mass is 35.5. The lowest BCUT2D eigenvalue weighted by Crippen LogP contribution is -2.04. The lowest BCUT2D eigenvalue weighted by molar-refractivity contribution is -0.137. The summed E-state index contributed by atoms with van der Waals surface area (Å²) in [5.74, 6) is -1.14. The van der Waals surface area contributed by atoms with Gasteiger partial charge >= 0.3 is 5.97 Å². The molecule has 1 aromatic carbocycles. The third-order valence-corrected chi connectivity index (χ3v) is 2.54. The molecular weight excluding hydrogens is 216 g/mol. The number of halogens is 1. The van der Waals surface area contributed by atoms with Crippen LogP contribution in [0.4, 0.5) is 0 Å². The van der Waals surface area contributed by atoms with Gasteiger partial charge in [0, 0.05) is 10.6 Å². The fourth-order valence-electron chi connectivity index (χ4n) is 1.59. The molecule has 0 aliphatic carbocycles. The zero-order chi connectivity index (χ0) is 11.6. The summed E-state index contributed by atoms with van der Waals surface area (Å²) >= 11 is 5.96. The highest BCUT2D eigenvalue weighted by molar-refractivity contribution is 6.31. The Balaban J connectivity index is 3.08. The van der Waals surface area contributed by atoms with E-state index in [9.17, 15) is 9.90 Å². The van der Waals surface area contributed by atoms with Gasteiger partial charge in [-0.05, 0) is 30.5 Å². The van der Waals surface area contributed by atoms with E-state index in [-0.39, 0.29) is 18.1 Å². The maximum absolute atomic E-state index is 10.5. The Morgan fingerprint density at radius 1 is 1.53 bits per heavy atom. The van der Waals surface area contributed by atoms with Crippen molar-refractivity contribution in [1.29, 1.82) is 0 Å². The minimum absolute atomic E-state index is 0.0453. The molecule has 0 saturated heterocycles. The zero-order valence-corrected chi connectivity index (χ0v) is 9.38. The first kappa shape index (κ1) is 11.9. The molecule has 0 fully saturated rings. The van der Waals surface area contributed by atoms with E-state index >= 15 is 0 Å². The van der Waals surface area contributed by atoms with E-state index in [2.05, 4.69) is 0 Å². The fraction of sp³-hybridized carbons (Fsp3) is 0.364. The third-order valence-electron chi connectivity index (χ3n) is 2.23. The van der Waals surface area contributed by atoms with Crippen LogP contribution in [0.2, 0.25) is 5.02 Å².